The lowest BCUT2D eigenvalue weighted by Crippen LogP contribution is -2.51. The minimum absolute atomic E-state index is 0.164. The fraction of sp³-hybridized carbons (Fsp3) is 0.700. The van der Waals surface area contributed by atoms with E-state index in [9.17, 15) is 9.59 Å². The maximum atomic E-state index is 12.6. The van der Waals surface area contributed by atoms with Crippen LogP contribution in [0.15, 0.2) is 6.07 Å². The number of piperidine rings is 1. The molecule has 2 aliphatic heterocycles. The second kappa shape index (κ2) is 8.73. The number of nitrogens with zero attached hydrogens (tertiary/aromatic N) is 4. The summed E-state index contributed by atoms with van der Waals surface area (Å²) in [6, 6.07) is 2.27. The molecule has 2 bridgehead atoms. The zero-order chi connectivity index (χ0) is 21.2. The fourth-order valence-electron chi connectivity index (χ4n) is 4.22. The Hall–Kier alpha value is -2.09. The molecular weight excluding hydrogens is 394 g/mol. The molecule has 9 heteroatoms. The third-order valence-corrected chi connectivity index (χ3v) is 5.60. The quantitative estimate of drug-likeness (QED) is 0.700. The van der Waals surface area contributed by atoms with E-state index in [2.05, 4.69) is 15.5 Å². The molecule has 29 heavy (non-hydrogen) atoms. The largest absolute Gasteiger partial charge is 0.444 e. The summed E-state index contributed by atoms with van der Waals surface area (Å²) < 4.78 is 5.61. The zero-order valence-corrected chi connectivity index (χ0v) is 18.3. The molecule has 0 spiro atoms. The van der Waals surface area contributed by atoms with Crippen molar-refractivity contribution in [3.05, 3.63) is 11.2 Å². The van der Waals surface area contributed by atoms with Gasteiger partial charge in [-0.25, -0.2) is 4.79 Å². The van der Waals surface area contributed by atoms with Crippen LogP contribution in [0.2, 0.25) is 5.15 Å². The van der Waals surface area contributed by atoms with Crippen LogP contribution in [0.25, 0.3) is 0 Å². The number of carbonyl (C=O) groups excluding carboxylic acids is 2. The van der Waals surface area contributed by atoms with Crippen LogP contribution >= 0.6 is 11.6 Å². The molecular formula is C20H30ClN5O3. The average Bonchev–Trinajstić information content (AvgIpc) is 2.91. The van der Waals surface area contributed by atoms with E-state index < -0.39 is 5.60 Å². The van der Waals surface area contributed by atoms with E-state index in [1.54, 1.807) is 6.07 Å². The molecule has 3 rings (SSSR count). The van der Waals surface area contributed by atoms with Crippen molar-refractivity contribution in [2.24, 2.45) is 0 Å². The highest BCUT2D eigenvalue weighted by Crippen LogP contribution is 2.38. The summed E-state index contributed by atoms with van der Waals surface area (Å²) in [7, 11) is 1.90. The Kier molecular flexibility index (Phi) is 6.51. The van der Waals surface area contributed by atoms with Gasteiger partial charge in [0.05, 0.1) is 5.69 Å². The van der Waals surface area contributed by atoms with Crippen molar-refractivity contribution in [3.63, 3.8) is 0 Å². The van der Waals surface area contributed by atoms with E-state index in [4.69, 9.17) is 16.3 Å². The van der Waals surface area contributed by atoms with Gasteiger partial charge in [-0.1, -0.05) is 11.6 Å². The van der Waals surface area contributed by atoms with Gasteiger partial charge in [0, 0.05) is 44.2 Å². The normalized spacial score (nSPS) is 23.6. The van der Waals surface area contributed by atoms with Crippen LogP contribution in [-0.4, -0.2) is 64.8 Å². The van der Waals surface area contributed by atoms with Crippen LogP contribution in [-0.2, 0) is 9.53 Å². The molecule has 2 atom stereocenters. The standard InChI is InChI=1S/C20H30ClN5O3/c1-20(2,3)29-19(28)26-14-6-7-15(26)11-13(10-14)22-18-16(12-17(21)23-24-18)25(4)8-5-9-27/h9,12-15H,5-8,10-11H2,1-4H3,(H,22,24). The van der Waals surface area contributed by atoms with Gasteiger partial charge in [-0.2, -0.15) is 0 Å². The number of carbonyl (C=O) groups is 2. The molecule has 0 saturated carbocycles. The number of amides is 1. The zero-order valence-electron chi connectivity index (χ0n) is 17.5. The summed E-state index contributed by atoms with van der Waals surface area (Å²) in [6.45, 7) is 6.25. The number of rotatable bonds is 6. The number of halogens is 1. The van der Waals surface area contributed by atoms with Gasteiger partial charge in [-0.3, -0.25) is 0 Å². The molecule has 0 aliphatic carbocycles. The SMILES string of the molecule is CN(CCC=O)c1cc(Cl)nnc1NC1CC2CCC(C1)N2C(=O)OC(C)(C)C. The maximum Gasteiger partial charge on any atom is 0.410 e. The van der Waals surface area contributed by atoms with Crippen LogP contribution in [0.5, 0.6) is 0 Å². The molecule has 2 saturated heterocycles. The number of ether oxygens (including phenoxy) is 1. The van der Waals surface area contributed by atoms with Gasteiger partial charge in [0.15, 0.2) is 11.0 Å². The summed E-state index contributed by atoms with van der Waals surface area (Å²) in [5, 5.41) is 12.0. The predicted molar refractivity (Wildman–Crippen MR) is 113 cm³/mol. The van der Waals surface area contributed by atoms with Gasteiger partial charge in [0.25, 0.3) is 0 Å². The number of hydrogen-bond acceptors (Lipinski definition) is 7. The van der Waals surface area contributed by atoms with Gasteiger partial charge in [-0.15, -0.1) is 10.2 Å². The molecule has 2 fully saturated rings. The lowest BCUT2D eigenvalue weighted by molar-refractivity contribution is -0.107. The lowest BCUT2D eigenvalue weighted by atomic mass is 9.97. The minimum Gasteiger partial charge on any atom is -0.444 e. The first-order valence-electron chi connectivity index (χ1n) is 10.1. The van der Waals surface area contributed by atoms with Gasteiger partial charge in [0.2, 0.25) is 0 Å². The first-order valence-corrected chi connectivity index (χ1v) is 10.5. The van der Waals surface area contributed by atoms with E-state index in [-0.39, 0.29) is 24.2 Å². The Morgan fingerprint density at radius 1 is 1.34 bits per heavy atom. The third-order valence-electron chi connectivity index (χ3n) is 5.42. The highest BCUT2D eigenvalue weighted by Gasteiger charge is 2.45. The number of aromatic nitrogens is 2. The monoisotopic (exact) mass is 423 g/mol. The van der Waals surface area contributed by atoms with Crippen molar-refractivity contribution in [3.8, 4) is 0 Å². The van der Waals surface area contributed by atoms with Gasteiger partial charge in [-0.05, 0) is 46.5 Å². The molecule has 1 N–H and O–H groups in total. The van der Waals surface area contributed by atoms with E-state index in [1.165, 1.54) is 0 Å². The van der Waals surface area contributed by atoms with Crippen molar-refractivity contribution in [1.82, 2.24) is 15.1 Å². The smallest absolute Gasteiger partial charge is 0.410 e. The van der Waals surface area contributed by atoms with Crippen LogP contribution < -0.4 is 10.2 Å². The first-order chi connectivity index (χ1) is 13.7. The number of aldehydes is 1. The molecule has 8 nitrogen and oxygen atoms in total. The average molecular weight is 424 g/mol. The fourth-order valence-corrected chi connectivity index (χ4v) is 4.36. The van der Waals surface area contributed by atoms with Crippen LogP contribution in [0.1, 0.15) is 52.9 Å². The molecule has 1 aromatic rings. The summed E-state index contributed by atoms with van der Waals surface area (Å²) >= 11 is 6.05. The molecule has 0 aromatic carbocycles. The Bertz CT molecular complexity index is 740. The molecule has 160 valence electrons. The summed E-state index contributed by atoms with van der Waals surface area (Å²) in [5.41, 5.74) is 0.319. The Balaban J connectivity index is 1.69. The molecule has 2 aliphatic rings. The Morgan fingerprint density at radius 2 is 2.00 bits per heavy atom. The van der Waals surface area contributed by atoms with Gasteiger partial charge >= 0.3 is 6.09 Å². The highest BCUT2D eigenvalue weighted by atomic mass is 35.5. The number of anilines is 2. The number of nitrogens with one attached hydrogen (secondary N) is 1. The lowest BCUT2D eigenvalue weighted by Gasteiger charge is -2.40. The van der Waals surface area contributed by atoms with E-state index in [0.717, 1.165) is 37.7 Å². The predicted octanol–water partition coefficient (Wildman–Crippen LogP) is 3.50. The maximum absolute atomic E-state index is 12.6. The van der Waals surface area contributed by atoms with Crippen molar-refractivity contribution >= 4 is 35.5 Å². The van der Waals surface area contributed by atoms with Crippen LogP contribution in [0.4, 0.5) is 16.3 Å². The molecule has 0 radical (unpaired) electrons. The van der Waals surface area contributed by atoms with E-state index >= 15 is 0 Å². The molecule has 2 unspecified atom stereocenters. The first kappa shape index (κ1) is 21.6. The summed E-state index contributed by atoms with van der Waals surface area (Å²) in [6.07, 6.45) is 4.73. The third kappa shape index (κ3) is 5.29. The van der Waals surface area contributed by atoms with Crippen molar-refractivity contribution in [2.45, 2.75) is 76.6 Å². The van der Waals surface area contributed by atoms with Crippen molar-refractivity contribution < 1.29 is 14.3 Å². The molecule has 3 heterocycles. The molecule has 1 aromatic heterocycles. The Labute approximate surface area is 176 Å². The topological polar surface area (TPSA) is 87.7 Å². The highest BCUT2D eigenvalue weighted by molar-refractivity contribution is 6.29. The van der Waals surface area contributed by atoms with Crippen LogP contribution in [0, 0.1) is 0 Å². The Morgan fingerprint density at radius 3 is 2.59 bits per heavy atom. The van der Waals surface area contributed by atoms with Crippen molar-refractivity contribution in [2.75, 3.05) is 23.8 Å². The van der Waals surface area contributed by atoms with E-state index in [1.807, 2.05) is 37.6 Å². The second-order valence-electron chi connectivity index (χ2n) is 8.86. The van der Waals surface area contributed by atoms with Gasteiger partial charge < -0.3 is 24.6 Å². The number of hydrogen-bond donors (Lipinski definition) is 1. The van der Waals surface area contributed by atoms with Crippen molar-refractivity contribution in [1.29, 1.82) is 0 Å². The van der Waals surface area contributed by atoms with E-state index in [0.29, 0.717) is 23.9 Å². The van der Waals surface area contributed by atoms with Gasteiger partial charge in [0.1, 0.15) is 11.9 Å². The summed E-state index contributed by atoms with van der Waals surface area (Å²) in [4.78, 5) is 27.2. The minimum atomic E-state index is -0.495. The van der Waals surface area contributed by atoms with Crippen LogP contribution in [0.3, 0.4) is 0 Å². The second-order valence-corrected chi connectivity index (χ2v) is 9.25. The molecule has 1 amide bonds. The summed E-state index contributed by atoms with van der Waals surface area (Å²) in [5.74, 6) is 0.651. The number of fused-ring (bicyclic) bond motifs is 2.